The lowest BCUT2D eigenvalue weighted by molar-refractivity contribution is -0.0511. The number of fused-ring (bicyclic) bond motifs is 1. The number of nitrogens with zero attached hydrogens (tertiary/aromatic N) is 4. The Hall–Kier alpha value is -1.46. The van der Waals surface area contributed by atoms with Crippen LogP contribution in [0.4, 0.5) is 5.82 Å². The van der Waals surface area contributed by atoms with Gasteiger partial charge in [-0.1, -0.05) is 18.7 Å². The number of thioether (sulfide) groups is 1. The van der Waals surface area contributed by atoms with Crippen LogP contribution in [0.1, 0.15) is 19.6 Å². The maximum absolute atomic E-state index is 10.2. The van der Waals surface area contributed by atoms with Crippen LogP contribution in [0.5, 0.6) is 0 Å². The van der Waals surface area contributed by atoms with Crippen molar-refractivity contribution in [2.45, 2.75) is 43.0 Å². The van der Waals surface area contributed by atoms with Gasteiger partial charge in [-0.2, -0.15) is 0 Å². The van der Waals surface area contributed by atoms with Crippen LogP contribution in [-0.4, -0.2) is 65.5 Å². The van der Waals surface area contributed by atoms with Crippen LogP contribution >= 0.6 is 11.8 Å². The molecule has 3 rings (SSSR count). The Morgan fingerprint density at radius 3 is 2.78 bits per heavy atom. The lowest BCUT2D eigenvalue weighted by atomic mass is 10.1. The number of aromatic nitrogens is 4. The lowest BCUT2D eigenvalue weighted by Crippen LogP contribution is -2.33. The van der Waals surface area contributed by atoms with Crippen LogP contribution in [-0.2, 0) is 4.74 Å². The summed E-state index contributed by atoms with van der Waals surface area (Å²) < 4.78 is 7.02. The Labute approximate surface area is 136 Å². The molecule has 23 heavy (non-hydrogen) atoms. The second-order valence-corrected chi connectivity index (χ2v) is 6.35. The van der Waals surface area contributed by atoms with Gasteiger partial charge in [0.15, 0.2) is 22.8 Å². The highest BCUT2D eigenvalue weighted by Gasteiger charge is 2.44. The molecule has 3 heterocycles. The summed E-state index contributed by atoms with van der Waals surface area (Å²) in [5, 5.41) is 29.8. The fourth-order valence-corrected chi connectivity index (χ4v) is 3.17. The number of imidazole rings is 1. The van der Waals surface area contributed by atoms with Crippen LogP contribution in [0.15, 0.2) is 11.5 Å². The second-order valence-electron chi connectivity index (χ2n) is 5.29. The predicted octanol–water partition coefficient (Wildman–Crippen LogP) is -0.478. The maximum atomic E-state index is 10.2. The molecule has 1 fully saturated rings. The number of hydrogen-bond donors (Lipinski definition) is 4. The molecule has 10 heteroatoms. The maximum Gasteiger partial charge on any atom is 0.191 e. The molecule has 0 saturated carbocycles. The first-order chi connectivity index (χ1) is 11.1. The summed E-state index contributed by atoms with van der Waals surface area (Å²) in [6.45, 7) is 1.66. The number of hydrogen-bond acceptors (Lipinski definition) is 9. The van der Waals surface area contributed by atoms with Crippen LogP contribution in [0.2, 0.25) is 0 Å². The molecule has 0 spiro atoms. The van der Waals surface area contributed by atoms with Gasteiger partial charge in [0.1, 0.15) is 23.8 Å². The van der Waals surface area contributed by atoms with E-state index in [-0.39, 0.29) is 5.82 Å². The van der Waals surface area contributed by atoms with Crippen molar-refractivity contribution in [3.05, 3.63) is 6.33 Å². The average Bonchev–Trinajstić information content (AvgIpc) is 3.08. The average molecular weight is 341 g/mol. The molecule has 1 aliphatic heterocycles. The summed E-state index contributed by atoms with van der Waals surface area (Å²) in [6, 6.07) is 0. The Bertz CT molecular complexity index is 696. The smallest absolute Gasteiger partial charge is 0.191 e. The van der Waals surface area contributed by atoms with Crippen molar-refractivity contribution in [1.82, 2.24) is 19.5 Å². The zero-order valence-corrected chi connectivity index (χ0v) is 13.3. The highest BCUT2D eigenvalue weighted by Crippen LogP contribution is 2.32. The van der Waals surface area contributed by atoms with Gasteiger partial charge in [0, 0.05) is 5.75 Å². The number of rotatable bonds is 5. The molecule has 0 aliphatic carbocycles. The Balaban J connectivity index is 1.99. The van der Waals surface area contributed by atoms with Gasteiger partial charge in [0.05, 0.1) is 12.9 Å². The first kappa shape index (κ1) is 16.4. The first-order valence-corrected chi connectivity index (χ1v) is 8.30. The van der Waals surface area contributed by atoms with Crippen molar-refractivity contribution < 1.29 is 20.1 Å². The second kappa shape index (κ2) is 6.57. The highest BCUT2D eigenvalue weighted by molar-refractivity contribution is 7.99. The molecule has 0 amide bonds. The molecule has 1 saturated heterocycles. The molecule has 9 nitrogen and oxygen atoms in total. The van der Waals surface area contributed by atoms with Crippen LogP contribution in [0.3, 0.4) is 0 Å². The fraction of sp³-hybridized carbons (Fsp3) is 0.615. The van der Waals surface area contributed by atoms with Crippen molar-refractivity contribution in [3.63, 3.8) is 0 Å². The van der Waals surface area contributed by atoms with E-state index in [2.05, 4.69) is 21.9 Å². The minimum absolute atomic E-state index is 0.249. The third kappa shape index (κ3) is 2.88. The van der Waals surface area contributed by atoms with Crippen LogP contribution < -0.4 is 5.73 Å². The summed E-state index contributed by atoms with van der Waals surface area (Å²) >= 11 is 1.47. The third-order valence-corrected chi connectivity index (χ3v) is 4.71. The van der Waals surface area contributed by atoms with Crippen molar-refractivity contribution in [1.29, 1.82) is 0 Å². The van der Waals surface area contributed by atoms with E-state index in [1.54, 1.807) is 0 Å². The Morgan fingerprint density at radius 1 is 1.35 bits per heavy atom. The summed E-state index contributed by atoms with van der Waals surface area (Å²) in [5.74, 6) is 1.10. The summed E-state index contributed by atoms with van der Waals surface area (Å²) in [6.07, 6.45) is -1.74. The van der Waals surface area contributed by atoms with E-state index in [0.29, 0.717) is 16.3 Å². The van der Waals surface area contributed by atoms with E-state index < -0.39 is 31.1 Å². The van der Waals surface area contributed by atoms with Gasteiger partial charge in [0.25, 0.3) is 0 Å². The van der Waals surface area contributed by atoms with E-state index in [9.17, 15) is 15.3 Å². The quantitative estimate of drug-likeness (QED) is 0.419. The van der Waals surface area contributed by atoms with Gasteiger partial charge in [0.2, 0.25) is 0 Å². The molecular formula is C13H19N5O4S. The van der Waals surface area contributed by atoms with Crippen molar-refractivity contribution in [2.75, 3.05) is 18.1 Å². The number of aliphatic hydroxyl groups is 3. The Morgan fingerprint density at radius 2 is 2.13 bits per heavy atom. The van der Waals surface area contributed by atoms with Crippen molar-refractivity contribution >= 4 is 28.7 Å². The van der Waals surface area contributed by atoms with Crippen molar-refractivity contribution in [2.24, 2.45) is 0 Å². The number of nitrogen functional groups attached to an aromatic ring is 1. The zero-order chi connectivity index (χ0) is 16.6. The molecule has 5 N–H and O–H groups in total. The molecular weight excluding hydrogens is 322 g/mol. The minimum Gasteiger partial charge on any atom is -0.394 e. The van der Waals surface area contributed by atoms with E-state index in [4.69, 9.17) is 10.5 Å². The zero-order valence-electron chi connectivity index (χ0n) is 12.5. The van der Waals surface area contributed by atoms with Gasteiger partial charge in [-0.25, -0.2) is 15.0 Å². The molecule has 0 aromatic carbocycles. The minimum atomic E-state index is -1.20. The largest absolute Gasteiger partial charge is 0.394 e. The summed E-state index contributed by atoms with van der Waals surface area (Å²) in [7, 11) is 0. The number of anilines is 1. The van der Waals surface area contributed by atoms with Crippen molar-refractivity contribution in [3.8, 4) is 0 Å². The normalized spacial score (nSPS) is 27.8. The topological polar surface area (TPSA) is 140 Å². The monoisotopic (exact) mass is 341 g/mol. The van der Waals surface area contributed by atoms with E-state index >= 15 is 0 Å². The van der Waals surface area contributed by atoms with Gasteiger partial charge in [-0.05, 0) is 6.42 Å². The number of ether oxygens (including phenoxy) is 1. The van der Waals surface area contributed by atoms with Gasteiger partial charge in [-0.15, -0.1) is 0 Å². The van der Waals surface area contributed by atoms with E-state index in [0.717, 1.165) is 12.2 Å². The SMILES string of the molecule is CCCSc1nc(N)c2ncn([C@@H]3O[C@H](CO)[C@@H](O)[C@H]3O)c2n1. The highest BCUT2D eigenvalue weighted by atomic mass is 32.2. The van der Waals surface area contributed by atoms with E-state index in [1.165, 1.54) is 22.7 Å². The van der Waals surface area contributed by atoms with Gasteiger partial charge in [-0.3, -0.25) is 4.57 Å². The van der Waals surface area contributed by atoms with Crippen LogP contribution in [0.25, 0.3) is 11.2 Å². The molecule has 2 aromatic rings. The van der Waals surface area contributed by atoms with Gasteiger partial charge < -0.3 is 25.8 Å². The molecule has 4 atom stereocenters. The molecule has 2 aromatic heterocycles. The standard InChI is InChI=1S/C13H19N5O4S/c1-2-3-23-13-16-10(14)7-11(17-13)18(5-15-7)12-9(21)8(20)6(4-19)22-12/h5-6,8-9,12,19-21H,2-4H2,1H3,(H2,14,16,17)/t6-,8-,9-,12-/m1/s1. The predicted molar refractivity (Wildman–Crippen MR) is 83.8 cm³/mol. The molecule has 126 valence electrons. The third-order valence-electron chi connectivity index (χ3n) is 3.65. The first-order valence-electron chi connectivity index (χ1n) is 7.32. The van der Waals surface area contributed by atoms with Crippen LogP contribution in [0, 0.1) is 0 Å². The van der Waals surface area contributed by atoms with E-state index in [1.807, 2.05) is 0 Å². The number of nitrogens with two attached hydrogens (primary N) is 1. The summed E-state index contributed by atoms with van der Waals surface area (Å²) in [4.78, 5) is 12.8. The molecule has 1 aliphatic rings. The van der Waals surface area contributed by atoms with Gasteiger partial charge >= 0.3 is 0 Å². The molecule has 0 unspecified atom stereocenters. The fourth-order valence-electron chi connectivity index (χ4n) is 2.47. The number of aliphatic hydroxyl groups excluding tert-OH is 3. The Kier molecular flexibility index (Phi) is 4.69. The molecule has 0 bridgehead atoms. The lowest BCUT2D eigenvalue weighted by Gasteiger charge is -2.16. The summed E-state index contributed by atoms with van der Waals surface area (Å²) in [5.41, 5.74) is 6.75. The molecule has 0 radical (unpaired) electrons.